The van der Waals surface area contributed by atoms with Crippen molar-refractivity contribution < 1.29 is 13.2 Å². The van der Waals surface area contributed by atoms with E-state index < -0.39 is 17.5 Å². The van der Waals surface area contributed by atoms with E-state index in [1.54, 1.807) is 0 Å². The molecule has 0 radical (unpaired) electrons. The average molecular weight is 243 g/mol. The molecule has 94 valence electrons. The third kappa shape index (κ3) is 3.00. The van der Waals surface area contributed by atoms with E-state index in [1.165, 1.54) is 6.42 Å². The largest absolute Gasteiger partial charge is 0.310 e. The normalized spacial score (nSPS) is 22.8. The van der Waals surface area contributed by atoms with Crippen molar-refractivity contribution >= 4 is 0 Å². The zero-order valence-electron chi connectivity index (χ0n) is 9.77. The predicted octanol–water partition coefficient (Wildman–Crippen LogP) is 3.38. The van der Waals surface area contributed by atoms with Gasteiger partial charge < -0.3 is 5.32 Å². The van der Waals surface area contributed by atoms with E-state index in [1.807, 2.05) is 0 Å². The highest BCUT2D eigenvalue weighted by Gasteiger charge is 2.35. The highest BCUT2D eigenvalue weighted by molar-refractivity contribution is 5.19. The number of rotatable bonds is 5. The molecule has 0 spiro atoms. The highest BCUT2D eigenvalue weighted by Crippen LogP contribution is 2.34. The lowest BCUT2D eigenvalue weighted by atomic mass is 10.2. The van der Waals surface area contributed by atoms with Crippen LogP contribution in [0.25, 0.3) is 0 Å². The molecule has 0 aromatic heterocycles. The maximum atomic E-state index is 12.9. The van der Waals surface area contributed by atoms with Gasteiger partial charge in [0.2, 0.25) is 0 Å². The van der Waals surface area contributed by atoms with E-state index in [-0.39, 0.29) is 0 Å². The Bertz CT molecular complexity index is 383. The van der Waals surface area contributed by atoms with Crippen LogP contribution in [0.3, 0.4) is 0 Å². The van der Waals surface area contributed by atoms with Crippen LogP contribution >= 0.6 is 0 Å². The molecule has 1 N–H and O–H groups in total. The Morgan fingerprint density at radius 2 is 1.88 bits per heavy atom. The molecule has 17 heavy (non-hydrogen) atoms. The van der Waals surface area contributed by atoms with Crippen molar-refractivity contribution in [3.05, 3.63) is 35.1 Å². The summed E-state index contributed by atoms with van der Waals surface area (Å²) in [6.45, 7) is 2.53. The second-order valence-corrected chi connectivity index (χ2v) is 4.65. The minimum Gasteiger partial charge on any atom is -0.310 e. The molecule has 0 amide bonds. The smallest absolute Gasteiger partial charge is 0.194 e. The molecule has 1 nitrogen and oxygen atoms in total. The lowest BCUT2D eigenvalue weighted by Gasteiger charge is -2.05. The predicted molar refractivity (Wildman–Crippen MR) is 60.0 cm³/mol. The van der Waals surface area contributed by atoms with Gasteiger partial charge in [0.05, 0.1) is 0 Å². The molecule has 0 saturated heterocycles. The Labute approximate surface area is 99.0 Å². The zero-order chi connectivity index (χ0) is 12.4. The topological polar surface area (TPSA) is 12.0 Å². The lowest BCUT2D eigenvalue weighted by molar-refractivity contribution is 0.444. The molecule has 4 heteroatoms. The van der Waals surface area contributed by atoms with E-state index >= 15 is 0 Å². The number of hydrogen-bond donors (Lipinski definition) is 1. The Kier molecular flexibility index (Phi) is 3.72. The summed E-state index contributed by atoms with van der Waals surface area (Å²) >= 11 is 0. The van der Waals surface area contributed by atoms with Gasteiger partial charge in [-0.25, -0.2) is 13.2 Å². The summed E-state index contributed by atoms with van der Waals surface area (Å²) in [5.41, 5.74) is 0.448. The maximum Gasteiger partial charge on any atom is 0.194 e. The van der Waals surface area contributed by atoms with Crippen LogP contribution in [0.2, 0.25) is 0 Å². The molecular formula is C13H16F3N. The first-order valence-electron chi connectivity index (χ1n) is 5.98. The SMILES string of the molecule is CCCC1CC1NCc1cc(F)c(F)c(F)c1. The third-order valence-electron chi connectivity index (χ3n) is 3.19. The summed E-state index contributed by atoms with van der Waals surface area (Å²) in [6.07, 6.45) is 3.46. The van der Waals surface area contributed by atoms with E-state index in [9.17, 15) is 13.2 Å². The third-order valence-corrected chi connectivity index (χ3v) is 3.19. The molecule has 1 fully saturated rings. The van der Waals surface area contributed by atoms with Crippen molar-refractivity contribution in [2.45, 2.75) is 38.8 Å². The van der Waals surface area contributed by atoms with Crippen LogP contribution in [-0.2, 0) is 6.54 Å². The van der Waals surface area contributed by atoms with E-state index in [0.29, 0.717) is 24.1 Å². The van der Waals surface area contributed by atoms with Gasteiger partial charge in [-0.05, 0) is 36.5 Å². The number of benzene rings is 1. The van der Waals surface area contributed by atoms with Gasteiger partial charge in [-0.1, -0.05) is 13.3 Å². The Morgan fingerprint density at radius 3 is 2.47 bits per heavy atom. The number of nitrogens with one attached hydrogen (secondary N) is 1. The molecular weight excluding hydrogens is 227 g/mol. The molecule has 0 aliphatic heterocycles. The molecule has 2 atom stereocenters. The minimum absolute atomic E-state index is 0.388. The number of hydrogen-bond acceptors (Lipinski definition) is 1. The fourth-order valence-electron chi connectivity index (χ4n) is 2.15. The van der Waals surface area contributed by atoms with Crippen molar-refractivity contribution in [1.29, 1.82) is 0 Å². The molecule has 0 heterocycles. The van der Waals surface area contributed by atoms with Gasteiger partial charge in [0.1, 0.15) is 0 Å². The average Bonchev–Trinajstić information content (AvgIpc) is 3.02. The van der Waals surface area contributed by atoms with Crippen molar-refractivity contribution in [3.8, 4) is 0 Å². The van der Waals surface area contributed by atoms with Gasteiger partial charge in [0.25, 0.3) is 0 Å². The van der Waals surface area contributed by atoms with Crippen LogP contribution in [0.1, 0.15) is 31.7 Å². The van der Waals surface area contributed by atoms with Crippen molar-refractivity contribution in [1.82, 2.24) is 5.32 Å². The fraction of sp³-hybridized carbons (Fsp3) is 0.538. The molecule has 1 aliphatic carbocycles. The summed E-state index contributed by atoms with van der Waals surface area (Å²) in [7, 11) is 0. The monoisotopic (exact) mass is 243 g/mol. The fourth-order valence-corrected chi connectivity index (χ4v) is 2.15. The first-order valence-corrected chi connectivity index (χ1v) is 5.98. The van der Waals surface area contributed by atoms with E-state index in [4.69, 9.17) is 0 Å². The molecule has 2 rings (SSSR count). The summed E-state index contributed by atoms with van der Waals surface area (Å²) in [5.74, 6) is -2.95. The quantitative estimate of drug-likeness (QED) is 0.782. The molecule has 1 saturated carbocycles. The molecule has 2 unspecified atom stereocenters. The Balaban J connectivity index is 1.88. The number of halogens is 3. The van der Waals surface area contributed by atoms with Gasteiger partial charge >= 0.3 is 0 Å². The Hall–Kier alpha value is -1.03. The molecule has 1 aromatic rings. The van der Waals surface area contributed by atoms with E-state index in [2.05, 4.69) is 12.2 Å². The molecule has 1 aromatic carbocycles. The van der Waals surface area contributed by atoms with Crippen LogP contribution in [0.15, 0.2) is 12.1 Å². The second kappa shape index (κ2) is 5.08. The lowest BCUT2D eigenvalue weighted by Crippen LogP contribution is -2.18. The van der Waals surface area contributed by atoms with Gasteiger partial charge in [0, 0.05) is 12.6 Å². The minimum atomic E-state index is -1.40. The summed E-state index contributed by atoms with van der Waals surface area (Å²) in [6, 6.07) is 2.54. The van der Waals surface area contributed by atoms with Crippen LogP contribution in [-0.4, -0.2) is 6.04 Å². The van der Waals surface area contributed by atoms with Crippen molar-refractivity contribution in [2.75, 3.05) is 0 Å². The molecule has 0 bridgehead atoms. The van der Waals surface area contributed by atoms with Crippen molar-refractivity contribution in [2.24, 2.45) is 5.92 Å². The van der Waals surface area contributed by atoms with Crippen molar-refractivity contribution in [3.63, 3.8) is 0 Å². The highest BCUT2D eigenvalue weighted by atomic mass is 19.2. The summed E-state index contributed by atoms with van der Waals surface area (Å²) in [5, 5.41) is 3.23. The van der Waals surface area contributed by atoms with Crippen LogP contribution in [0.4, 0.5) is 13.2 Å². The standard InChI is InChI=1S/C13H16F3N/c1-2-3-9-6-12(9)17-7-8-4-10(14)13(16)11(15)5-8/h4-5,9,12,17H,2-3,6-7H2,1H3. The van der Waals surface area contributed by atoms with Gasteiger partial charge in [-0.15, -0.1) is 0 Å². The Morgan fingerprint density at radius 1 is 1.24 bits per heavy atom. The van der Waals surface area contributed by atoms with Gasteiger partial charge in [-0.2, -0.15) is 0 Å². The zero-order valence-corrected chi connectivity index (χ0v) is 9.77. The molecule has 1 aliphatic rings. The van der Waals surface area contributed by atoms with Crippen LogP contribution < -0.4 is 5.32 Å². The second-order valence-electron chi connectivity index (χ2n) is 4.65. The summed E-state index contributed by atoms with van der Waals surface area (Å²) in [4.78, 5) is 0. The summed E-state index contributed by atoms with van der Waals surface area (Å²) < 4.78 is 38.6. The maximum absolute atomic E-state index is 12.9. The van der Waals surface area contributed by atoms with E-state index in [0.717, 1.165) is 25.0 Å². The first-order chi connectivity index (χ1) is 8.11. The first kappa shape index (κ1) is 12.4. The van der Waals surface area contributed by atoms with Crippen LogP contribution in [0, 0.1) is 23.4 Å². The van der Waals surface area contributed by atoms with Gasteiger partial charge in [0.15, 0.2) is 17.5 Å². The van der Waals surface area contributed by atoms with Gasteiger partial charge in [-0.3, -0.25) is 0 Å². The van der Waals surface area contributed by atoms with Crippen LogP contribution in [0.5, 0.6) is 0 Å².